The predicted molar refractivity (Wildman–Crippen MR) is 272 cm³/mol. The molecule has 0 spiro atoms. The van der Waals surface area contributed by atoms with E-state index in [4.69, 9.17) is 28.9 Å². The monoisotopic (exact) mass is 935 g/mol. The molecule has 0 atom stereocenters. The third-order valence-corrected chi connectivity index (χ3v) is 12.9. The number of carbonyl (C=O) groups excluding carboxylic acids is 4. The van der Waals surface area contributed by atoms with E-state index in [1.54, 1.807) is 0 Å². The van der Waals surface area contributed by atoms with Crippen LogP contribution in [0, 0.1) is 37.5 Å². The van der Waals surface area contributed by atoms with E-state index in [9.17, 15) is 19.2 Å². The lowest BCUT2D eigenvalue weighted by molar-refractivity contribution is -0.144. The average Bonchev–Trinajstić information content (AvgIpc) is 3.92. The number of hydrogen-bond acceptors (Lipinski definition) is 10. The Hall–Kier alpha value is -5.52. The van der Waals surface area contributed by atoms with E-state index < -0.39 is 0 Å². The fourth-order valence-corrected chi connectivity index (χ4v) is 8.32. The molecule has 0 saturated carbocycles. The smallest absolute Gasteiger partial charge is 0.306 e. The van der Waals surface area contributed by atoms with Gasteiger partial charge in [0.05, 0.1) is 49.2 Å². The highest BCUT2D eigenvalue weighted by molar-refractivity contribution is 5.96. The maximum atomic E-state index is 13.1. The molecule has 0 saturated heterocycles. The van der Waals surface area contributed by atoms with Crippen LogP contribution in [-0.2, 0) is 51.0 Å². The van der Waals surface area contributed by atoms with Crippen LogP contribution in [0.1, 0.15) is 178 Å². The zero-order valence-electron chi connectivity index (χ0n) is 43.1. The summed E-state index contributed by atoms with van der Waals surface area (Å²) < 4.78 is 22.5. The van der Waals surface area contributed by atoms with Crippen molar-refractivity contribution in [2.24, 2.45) is 23.7 Å². The standard InChI is InChI=1S/C56H78N4O8/c1-33(2)21-25-65-53(61)17-13-41-37(9)45-30-50-43(15-19-55(63)67-27-23-35(5)6)39(11)47(59-50)32-52-44(16-20-56(64)68-28-24-36(7)8)40(12)48(60-52)31-51-42(14-18-54(62)66-26-22-34(3)4)38(10)46(58-51)29-49(41)57-45/h29-36,57-58H,13-28H2,1-12H3. The Bertz CT molecular complexity index is 2520. The van der Waals surface area contributed by atoms with E-state index in [0.717, 1.165) is 104 Å². The highest BCUT2D eigenvalue weighted by atomic mass is 16.5. The summed E-state index contributed by atoms with van der Waals surface area (Å²) in [6, 6.07) is 8.14. The molecule has 370 valence electrons. The van der Waals surface area contributed by atoms with Crippen molar-refractivity contribution in [3.05, 3.63) is 69.3 Å². The molecule has 68 heavy (non-hydrogen) atoms. The largest absolute Gasteiger partial charge is 0.466 e. The minimum absolute atomic E-state index is 0.193. The molecule has 2 N–H and O–H groups in total. The molecule has 2 aliphatic heterocycles. The average molecular weight is 935 g/mol. The van der Waals surface area contributed by atoms with E-state index in [1.807, 2.05) is 32.0 Å². The Balaban J connectivity index is 1.71. The van der Waals surface area contributed by atoms with Gasteiger partial charge >= 0.3 is 23.9 Å². The zero-order valence-corrected chi connectivity index (χ0v) is 43.1. The van der Waals surface area contributed by atoms with Crippen molar-refractivity contribution in [3.8, 4) is 0 Å². The number of esters is 4. The third-order valence-electron chi connectivity index (χ3n) is 12.9. The number of aryl methyl sites for hydroxylation is 4. The molecule has 0 unspecified atom stereocenters. The van der Waals surface area contributed by atoms with Gasteiger partial charge in [-0.15, -0.1) is 0 Å². The van der Waals surface area contributed by atoms with Gasteiger partial charge in [0, 0.05) is 47.8 Å². The predicted octanol–water partition coefficient (Wildman–Crippen LogP) is 12.6. The molecule has 8 bridgehead atoms. The second kappa shape index (κ2) is 25.2. The molecule has 0 fully saturated rings. The van der Waals surface area contributed by atoms with Gasteiger partial charge in [0.2, 0.25) is 0 Å². The molecule has 0 aliphatic carbocycles. The lowest BCUT2D eigenvalue weighted by Crippen LogP contribution is -2.08. The maximum absolute atomic E-state index is 13.1. The normalized spacial score (nSPS) is 12.8. The van der Waals surface area contributed by atoms with Gasteiger partial charge in [-0.25, -0.2) is 9.97 Å². The van der Waals surface area contributed by atoms with Crippen molar-refractivity contribution in [1.82, 2.24) is 19.9 Å². The summed E-state index contributed by atoms with van der Waals surface area (Å²) in [6.45, 7) is 26.5. The molecular weight excluding hydrogens is 857 g/mol. The lowest BCUT2D eigenvalue weighted by Gasteiger charge is -2.08. The van der Waals surface area contributed by atoms with Crippen LogP contribution >= 0.6 is 0 Å². The molecule has 0 aromatic carbocycles. The number of ether oxygens (including phenoxy) is 4. The van der Waals surface area contributed by atoms with Crippen molar-refractivity contribution in [3.63, 3.8) is 0 Å². The summed E-state index contributed by atoms with van der Waals surface area (Å²) in [5.74, 6) is 0.698. The Kier molecular flexibility index (Phi) is 19.8. The van der Waals surface area contributed by atoms with Crippen molar-refractivity contribution in [1.29, 1.82) is 0 Å². The third kappa shape index (κ3) is 15.2. The van der Waals surface area contributed by atoms with Crippen molar-refractivity contribution in [2.45, 2.75) is 160 Å². The molecule has 12 nitrogen and oxygen atoms in total. The molecular formula is C56H78N4O8. The number of aromatic amines is 2. The van der Waals surface area contributed by atoms with Crippen molar-refractivity contribution in [2.75, 3.05) is 26.4 Å². The van der Waals surface area contributed by atoms with Gasteiger partial charge in [-0.3, -0.25) is 19.2 Å². The van der Waals surface area contributed by atoms with Gasteiger partial charge in [-0.05, 0) is 172 Å². The number of carbonyl (C=O) groups is 4. The van der Waals surface area contributed by atoms with Crippen LogP contribution in [0.3, 0.4) is 0 Å². The minimum Gasteiger partial charge on any atom is -0.466 e. The van der Waals surface area contributed by atoms with Crippen molar-refractivity contribution < 1.29 is 38.1 Å². The number of aromatic nitrogens is 4. The molecule has 12 heteroatoms. The van der Waals surface area contributed by atoms with Gasteiger partial charge in [-0.2, -0.15) is 0 Å². The topological polar surface area (TPSA) is 163 Å². The van der Waals surface area contributed by atoms with Crippen LogP contribution in [0.4, 0.5) is 0 Å². The molecule has 3 aromatic rings. The van der Waals surface area contributed by atoms with Crippen LogP contribution in [-0.4, -0.2) is 70.2 Å². The number of nitrogens with one attached hydrogen (secondary N) is 2. The van der Waals surface area contributed by atoms with Gasteiger partial charge in [-0.1, -0.05) is 55.4 Å². The Morgan fingerprint density at radius 3 is 1.12 bits per heavy atom. The number of allylic oxidation sites excluding steroid dienone is 4. The first kappa shape index (κ1) is 53.4. The van der Waals surface area contributed by atoms with E-state index >= 15 is 0 Å². The summed E-state index contributed by atoms with van der Waals surface area (Å²) >= 11 is 0. The first-order valence-corrected chi connectivity index (χ1v) is 25.1. The first-order chi connectivity index (χ1) is 32.3. The van der Waals surface area contributed by atoms with Crippen LogP contribution in [0.15, 0.2) is 24.3 Å². The number of hydrogen-bond donors (Lipinski definition) is 2. The Morgan fingerprint density at radius 1 is 0.426 bits per heavy atom. The second-order valence-electron chi connectivity index (χ2n) is 20.3. The van der Waals surface area contributed by atoms with Crippen LogP contribution in [0.5, 0.6) is 0 Å². The molecule has 0 radical (unpaired) electrons. The van der Waals surface area contributed by atoms with E-state index in [1.165, 1.54) is 0 Å². The Morgan fingerprint density at radius 2 is 0.735 bits per heavy atom. The van der Waals surface area contributed by atoms with Gasteiger partial charge in [0.25, 0.3) is 0 Å². The second-order valence-corrected chi connectivity index (χ2v) is 20.3. The quantitative estimate of drug-likeness (QED) is 0.0653. The van der Waals surface area contributed by atoms with Crippen LogP contribution in [0.2, 0.25) is 0 Å². The molecule has 3 aromatic heterocycles. The van der Waals surface area contributed by atoms with Gasteiger partial charge in [0.15, 0.2) is 0 Å². The minimum atomic E-state index is -0.256. The Labute approximate surface area is 404 Å². The van der Waals surface area contributed by atoms with Gasteiger partial charge in [0.1, 0.15) is 0 Å². The number of H-pyrrole nitrogens is 2. The SMILES string of the molecule is CC1=C(CCC(=O)OCCC(C)C)c2cc3nc(cc4[nH]c(cc5[nH]c(cc1n2)c(CCC(=O)OCCC(C)C)c5C)c(CCC(=O)OCCC(C)C)c4C)C(CCC(=O)OCCC(C)C)=C3C. The van der Waals surface area contributed by atoms with E-state index in [-0.39, 0.29) is 49.6 Å². The summed E-state index contributed by atoms with van der Waals surface area (Å²) in [5.41, 5.74) is 13.8. The number of fused-ring (bicyclic) bond motifs is 8. The molecule has 0 amide bonds. The fourth-order valence-electron chi connectivity index (χ4n) is 8.32. The number of rotatable bonds is 24. The van der Waals surface area contributed by atoms with Crippen LogP contribution < -0.4 is 0 Å². The van der Waals surface area contributed by atoms with E-state index in [2.05, 4.69) is 85.3 Å². The zero-order chi connectivity index (χ0) is 49.7. The molecule has 5 rings (SSSR count). The highest BCUT2D eigenvalue weighted by Crippen LogP contribution is 2.38. The van der Waals surface area contributed by atoms with Crippen LogP contribution in [0.25, 0.3) is 44.4 Å². The van der Waals surface area contributed by atoms with Gasteiger partial charge < -0.3 is 28.9 Å². The van der Waals surface area contributed by atoms with E-state index in [0.29, 0.717) is 87.2 Å². The van der Waals surface area contributed by atoms with Crippen molar-refractivity contribution >= 4 is 68.2 Å². The lowest BCUT2D eigenvalue weighted by atomic mass is 9.98. The summed E-state index contributed by atoms with van der Waals surface area (Å²) in [4.78, 5) is 70.2. The fraction of sp³-hybridized carbons (Fsp3) is 0.571. The molecule has 5 heterocycles. The summed E-state index contributed by atoms with van der Waals surface area (Å²) in [5, 5.41) is 0. The first-order valence-electron chi connectivity index (χ1n) is 25.1. The molecule has 2 aliphatic rings. The summed E-state index contributed by atoms with van der Waals surface area (Å²) in [7, 11) is 0. The maximum Gasteiger partial charge on any atom is 0.306 e. The highest BCUT2D eigenvalue weighted by Gasteiger charge is 2.24. The number of nitrogens with zero attached hydrogens (tertiary/aromatic N) is 2. The summed E-state index contributed by atoms with van der Waals surface area (Å²) in [6.07, 6.45) is 5.74.